The molecule has 110 valence electrons. The minimum absolute atomic E-state index is 0.220. The van der Waals surface area contributed by atoms with Gasteiger partial charge < -0.3 is 5.32 Å². The first-order chi connectivity index (χ1) is 9.09. The van der Waals surface area contributed by atoms with Crippen LogP contribution in [0.25, 0.3) is 0 Å². The van der Waals surface area contributed by atoms with Crippen LogP contribution in [0.3, 0.4) is 0 Å². The van der Waals surface area contributed by atoms with Gasteiger partial charge in [-0.15, -0.1) is 0 Å². The molecule has 0 aromatic heterocycles. The molecule has 2 atom stereocenters. The standard InChI is InChI=1S/C13H25N3O2S/c1-15(13-5-3-2-4-6-13)19(17,18)16-9-11-7-14-8-12(11)10-16/h11-14H,2-10H2,1H3/t11-,12+. The van der Waals surface area contributed by atoms with Crippen molar-refractivity contribution in [2.45, 2.75) is 38.1 Å². The topological polar surface area (TPSA) is 52.7 Å². The number of nitrogens with zero attached hydrogens (tertiary/aromatic N) is 2. The average molecular weight is 287 g/mol. The summed E-state index contributed by atoms with van der Waals surface area (Å²) in [7, 11) is -1.47. The lowest BCUT2D eigenvalue weighted by atomic mass is 9.96. The smallest absolute Gasteiger partial charge is 0.281 e. The quantitative estimate of drug-likeness (QED) is 0.829. The maximum absolute atomic E-state index is 12.7. The molecule has 6 heteroatoms. The van der Waals surface area contributed by atoms with Gasteiger partial charge in [-0.3, -0.25) is 0 Å². The first kappa shape index (κ1) is 13.8. The van der Waals surface area contributed by atoms with E-state index < -0.39 is 10.2 Å². The maximum atomic E-state index is 12.7. The first-order valence-electron chi connectivity index (χ1n) is 7.53. The molecule has 3 rings (SSSR count). The Balaban J connectivity index is 1.68. The van der Waals surface area contributed by atoms with Crippen LogP contribution in [0.1, 0.15) is 32.1 Å². The second-order valence-electron chi connectivity index (χ2n) is 6.31. The number of fused-ring (bicyclic) bond motifs is 1. The SMILES string of the molecule is CN(C1CCCCC1)S(=O)(=O)N1C[C@H]2CNC[C@H]2C1. The van der Waals surface area contributed by atoms with Gasteiger partial charge in [0.15, 0.2) is 0 Å². The van der Waals surface area contributed by atoms with Gasteiger partial charge in [0, 0.05) is 26.2 Å². The Morgan fingerprint density at radius 2 is 1.63 bits per heavy atom. The largest absolute Gasteiger partial charge is 0.316 e. The lowest BCUT2D eigenvalue weighted by Crippen LogP contribution is -2.47. The van der Waals surface area contributed by atoms with Crippen LogP contribution in [0.5, 0.6) is 0 Å². The molecule has 0 spiro atoms. The van der Waals surface area contributed by atoms with Gasteiger partial charge in [0.25, 0.3) is 10.2 Å². The van der Waals surface area contributed by atoms with E-state index >= 15 is 0 Å². The summed E-state index contributed by atoms with van der Waals surface area (Å²) in [6, 6.07) is 0.220. The van der Waals surface area contributed by atoms with Crippen LogP contribution in [0.4, 0.5) is 0 Å². The maximum Gasteiger partial charge on any atom is 0.281 e. The van der Waals surface area contributed by atoms with Gasteiger partial charge in [-0.25, -0.2) is 0 Å². The highest BCUT2D eigenvalue weighted by molar-refractivity contribution is 7.86. The molecule has 1 N–H and O–H groups in total. The van der Waals surface area contributed by atoms with Gasteiger partial charge in [0.1, 0.15) is 0 Å². The van der Waals surface area contributed by atoms with Crippen LogP contribution in [-0.2, 0) is 10.2 Å². The van der Waals surface area contributed by atoms with E-state index in [1.165, 1.54) is 19.3 Å². The van der Waals surface area contributed by atoms with Crippen LogP contribution >= 0.6 is 0 Å². The average Bonchev–Trinajstić information content (AvgIpc) is 2.99. The molecule has 2 saturated heterocycles. The molecule has 2 heterocycles. The van der Waals surface area contributed by atoms with E-state index in [0.29, 0.717) is 24.9 Å². The molecule has 2 aliphatic heterocycles. The summed E-state index contributed by atoms with van der Waals surface area (Å²) in [5, 5.41) is 3.35. The van der Waals surface area contributed by atoms with Crippen molar-refractivity contribution in [3.8, 4) is 0 Å². The minimum atomic E-state index is -3.24. The summed E-state index contributed by atoms with van der Waals surface area (Å²) in [6.07, 6.45) is 5.64. The monoisotopic (exact) mass is 287 g/mol. The fourth-order valence-electron chi connectivity index (χ4n) is 3.82. The van der Waals surface area contributed by atoms with Crippen LogP contribution in [0.15, 0.2) is 0 Å². The van der Waals surface area contributed by atoms with E-state index in [4.69, 9.17) is 0 Å². The van der Waals surface area contributed by atoms with Gasteiger partial charge in [-0.1, -0.05) is 19.3 Å². The van der Waals surface area contributed by atoms with Gasteiger partial charge in [-0.2, -0.15) is 17.0 Å². The van der Waals surface area contributed by atoms with Crippen molar-refractivity contribution in [2.24, 2.45) is 11.8 Å². The van der Waals surface area contributed by atoms with E-state index in [0.717, 1.165) is 25.9 Å². The van der Waals surface area contributed by atoms with Crippen LogP contribution in [-0.4, -0.2) is 56.3 Å². The third-order valence-electron chi connectivity index (χ3n) is 5.14. The fourth-order valence-corrected chi connectivity index (χ4v) is 5.53. The number of hydrogen-bond acceptors (Lipinski definition) is 3. The normalized spacial score (nSPS) is 34.0. The summed E-state index contributed by atoms with van der Waals surface area (Å²) in [4.78, 5) is 0. The van der Waals surface area contributed by atoms with Crippen LogP contribution < -0.4 is 5.32 Å². The van der Waals surface area contributed by atoms with Crippen molar-refractivity contribution in [3.63, 3.8) is 0 Å². The number of hydrogen-bond donors (Lipinski definition) is 1. The van der Waals surface area contributed by atoms with Gasteiger partial charge in [0.2, 0.25) is 0 Å². The highest BCUT2D eigenvalue weighted by Gasteiger charge is 2.43. The summed E-state index contributed by atoms with van der Waals surface area (Å²) in [5.41, 5.74) is 0. The number of nitrogens with one attached hydrogen (secondary N) is 1. The van der Waals surface area contributed by atoms with E-state index in [9.17, 15) is 8.42 Å². The lowest BCUT2D eigenvalue weighted by molar-refractivity contribution is 0.267. The third kappa shape index (κ3) is 2.55. The Hall–Kier alpha value is -0.170. The Labute approximate surface area is 116 Å². The molecular formula is C13H25N3O2S. The summed E-state index contributed by atoms with van der Waals surface area (Å²) >= 11 is 0. The zero-order valence-electron chi connectivity index (χ0n) is 11.7. The minimum Gasteiger partial charge on any atom is -0.316 e. The van der Waals surface area contributed by atoms with Gasteiger partial charge in [0.05, 0.1) is 0 Å². The zero-order chi connectivity index (χ0) is 13.5. The second-order valence-corrected chi connectivity index (χ2v) is 8.30. The fraction of sp³-hybridized carbons (Fsp3) is 1.00. The predicted molar refractivity (Wildman–Crippen MR) is 75.0 cm³/mol. The molecule has 1 aliphatic carbocycles. The van der Waals surface area contributed by atoms with Crippen molar-refractivity contribution in [1.82, 2.24) is 13.9 Å². The molecule has 0 bridgehead atoms. The van der Waals surface area contributed by atoms with Crippen LogP contribution in [0.2, 0.25) is 0 Å². The van der Waals surface area contributed by atoms with Gasteiger partial charge >= 0.3 is 0 Å². The molecule has 0 radical (unpaired) electrons. The van der Waals surface area contributed by atoms with E-state index in [-0.39, 0.29) is 6.04 Å². The van der Waals surface area contributed by atoms with E-state index in [1.807, 2.05) is 0 Å². The molecule has 0 aromatic carbocycles. The molecule has 1 saturated carbocycles. The zero-order valence-corrected chi connectivity index (χ0v) is 12.5. The molecule has 19 heavy (non-hydrogen) atoms. The van der Waals surface area contributed by atoms with Gasteiger partial charge in [-0.05, 0) is 37.8 Å². The molecule has 0 aromatic rings. The summed E-state index contributed by atoms with van der Waals surface area (Å²) in [6.45, 7) is 3.36. The molecular weight excluding hydrogens is 262 g/mol. The van der Waals surface area contributed by atoms with E-state index in [2.05, 4.69) is 5.32 Å². The Morgan fingerprint density at radius 3 is 2.21 bits per heavy atom. The molecule has 0 unspecified atom stereocenters. The number of rotatable bonds is 3. The molecule has 0 amide bonds. The third-order valence-corrected chi connectivity index (χ3v) is 7.11. The second kappa shape index (κ2) is 5.31. The summed E-state index contributed by atoms with van der Waals surface area (Å²) < 4.78 is 28.8. The van der Waals surface area contributed by atoms with E-state index in [1.54, 1.807) is 15.7 Å². The Kier molecular flexibility index (Phi) is 3.86. The summed E-state index contributed by atoms with van der Waals surface area (Å²) in [5.74, 6) is 1.05. The van der Waals surface area contributed by atoms with Crippen molar-refractivity contribution < 1.29 is 8.42 Å². The molecule has 5 nitrogen and oxygen atoms in total. The van der Waals surface area contributed by atoms with Crippen molar-refractivity contribution >= 4 is 10.2 Å². The molecule has 3 aliphatic rings. The Morgan fingerprint density at radius 1 is 1.05 bits per heavy atom. The highest BCUT2D eigenvalue weighted by Crippen LogP contribution is 2.31. The highest BCUT2D eigenvalue weighted by atomic mass is 32.2. The first-order valence-corrected chi connectivity index (χ1v) is 8.92. The predicted octanol–water partition coefficient (Wildman–Crippen LogP) is 0.647. The molecule has 3 fully saturated rings. The van der Waals surface area contributed by atoms with Crippen molar-refractivity contribution in [2.75, 3.05) is 33.2 Å². The van der Waals surface area contributed by atoms with Crippen molar-refractivity contribution in [3.05, 3.63) is 0 Å². The van der Waals surface area contributed by atoms with Crippen LogP contribution in [0, 0.1) is 11.8 Å². The van der Waals surface area contributed by atoms with Crippen molar-refractivity contribution in [1.29, 1.82) is 0 Å². The Bertz CT molecular complexity index is 400. The lowest BCUT2D eigenvalue weighted by Gasteiger charge is -2.33.